The molecule has 0 unspecified atom stereocenters. The van der Waals surface area contributed by atoms with E-state index in [0.717, 1.165) is 29.7 Å². The molecule has 0 spiro atoms. The highest BCUT2D eigenvalue weighted by Gasteiger charge is 2.24. The van der Waals surface area contributed by atoms with E-state index in [9.17, 15) is 4.79 Å². The third-order valence-electron chi connectivity index (χ3n) is 4.40. The second-order valence-electron chi connectivity index (χ2n) is 6.30. The molecule has 0 bridgehead atoms. The molecule has 2 heterocycles. The van der Waals surface area contributed by atoms with Crippen LogP contribution in [-0.2, 0) is 17.8 Å². The molecule has 1 aromatic carbocycles. The first-order chi connectivity index (χ1) is 12.0. The Kier molecular flexibility index (Phi) is 4.83. The van der Waals surface area contributed by atoms with E-state index in [0.29, 0.717) is 17.9 Å². The SMILES string of the molecule is CCCc1nc2ccccc2n1[C@@H](C)C(=O)N(C)Cc1nonc1C. The van der Waals surface area contributed by atoms with Crippen LogP contribution in [0.3, 0.4) is 0 Å². The number of rotatable bonds is 6. The van der Waals surface area contributed by atoms with E-state index in [1.807, 2.05) is 42.7 Å². The van der Waals surface area contributed by atoms with Gasteiger partial charge in [0.2, 0.25) is 5.91 Å². The first kappa shape index (κ1) is 17.1. The Bertz CT molecular complexity index is 883. The van der Waals surface area contributed by atoms with Crippen LogP contribution in [0, 0.1) is 6.92 Å². The van der Waals surface area contributed by atoms with E-state index >= 15 is 0 Å². The van der Waals surface area contributed by atoms with Crippen LogP contribution in [0.5, 0.6) is 0 Å². The summed E-state index contributed by atoms with van der Waals surface area (Å²) >= 11 is 0. The molecule has 132 valence electrons. The zero-order chi connectivity index (χ0) is 18.0. The number of amides is 1. The predicted molar refractivity (Wildman–Crippen MR) is 93.9 cm³/mol. The molecule has 0 saturated carbocycles. The minimum atomic E-state index is -0.348. The number of fused-ring (bicyclic) bond motifs is 1. The number of nitrogens with zero attached hydrogens (tertiary/aromatic N) is 5. The van der Waals surface area contributed by atoms with Crippen LogP contribution in [0.25, 0.3) is 11.0 Å². The van der Waals surface area contributed by atoms with Crippen LogP contribution in [0.2, 0.25) is 0 Å². The molecule has 7 nitrogen and oxygen atoms in total. The van der Waals surface area contributed by atoms with Crippen LogP contribution >= 0.6 is 0 Å². The van der Waals surface area contributed by atoms with Gasteiger partial charge >= 0.3 is 0 Å². The first-order valence-corrected chi connectivity index (χ1v) is 8.51. The van der Waals surface area contributed by atoms with Crippen LogP contribution in [0.4, 0.5) is 0 Å². The second kappa shape index (κ2) is 7.04. The van der Waals surface area contributed by atoms with Crippen molar-refractivity contribution in [2.45, 2.75) is 46.2 Å². The molecular formula is C18H23N5O2. The number of hydrogen-bond donors (Lipinski definition) is 0. The average molecular weight is 341 g/mol. The van der Waals surface area contributed by atoms with Crippen molar-refractivity contribution in [1.29, 1.82) is 0 Å². The van der Waals surface area contributed by atoms with Crippen molar-refractivity contribution in [1.82, 2.24) is 24.8 Å². The summed E-state index contributed by atoms with van der Waals surface area (Å²) in [6, 6.07) is 7.59. The summed E-state index contributed by atoms with van der Waals surface area (Å²) in [7, 11) is 1.77. The third kappa shape index (κ3) is 3.26. The number of carbonyl (C=O) groups is 1. The Balaban J connectivity index is 1.90. The van der Waals surface area contributed by atoms with Crippen molar-refractivity contribution in [2.24, 2.45) is 0 Å². The van der Waals surface area contributed by atoms with Gasteiger partial charge in [0, 0.05) is 13.5 Å². The van der Waals surface area contributed by atoms with Gasteiger partial charge in [0.15, 0.2) is 0 Å². The van der Waals surface area contributed by atoms with Gasteiger partial charge in [0.25, 0.3) is 0 Å². The van der Waals surface area contributed by atoms with E-state index in [-0.39, 0.29) is 11.9 Å². The normalized spacial score (nSPS) is 12.5. The Morgan fingerprint density at radius 1 is 1.32 bits per heavy atom. The summed E-state index contributed by atoms with van der Waals surface area (Å²) in [6.45, 7) is 6.22. The molecule has 3 aromatic rings. The lowest BCUT2D eigenvalue weighted by molar-refractivity contribution is -0.133. The number of hydrogen-bond acceptors (Lipinski definition) is 5. The fourth-order valence-electron chi connectivity index (χ4n) is 3.05. The highest BCUT2D eigenvalue weighted by atomic mass is 16.6. The molecule has 0 radical (unpaired) electrons. The van der Waals surface area contributed by atoms with E-state index in [2.05, 4.69) is 17.2 Å². The van der Waals surface area contributed by atoms with Gasteiger partial charge < -0.3 is 9.47 Å². The summed E-state index contributed by atoms with van der Waals surface area (Å²) in [6.07, 6.45) is 1.81. The van der Waals surface area contributed by atoms with E-state index < -0.39 is 0 Å². The fraction of sp³-hybridized carbons (Fsp3) is 0.444. The molecule has 0 saturated heterocycles. The Labute approximate surface area is 146 Å². The van der Waals surface area contributed by atoms with Gasteiger partial charge in [-0.15, -0.1) is 0 Å². The van der Waals surface area contributed by atoms with E-state index in [1.54, 1.807) is 11.9 Å². The molecule has 0 N–H and O–H groups in total. The van der Waals surface area contributed by atoms with Gasteiger partial charge in [0.05, 0.1) is 17.6 Å². The Morgan fingerprint density at radius 3 is 2.76 bits per heavy atom. The van der Waals surface area contributed by atoms with Crippen molar-refractivity contribution in [3.8, 4) is 0 Å². The zero-order valence-corrected chi connectivity index (χ0v) is 15.1. The van der Waals surface area contributed by atoms with E-state index in [1.165, 1.54) is 0 Å². The van der Waals surface area contributed by atoms with Crippen molar-refractivity contribution >= 4 is 16.9 Å². The average Bonchev–Trinajstić information content (AvgIpc) is 3.17. The van der Waals surface area contributed by atoms with E-state index in [4.69, 9.17) is 9.61 Å². The maximum Gasteiger partial charge on any atom is 0.245 e. The Hall–Kier alpha value is -2.70. The molecule has 0 aliphatic rings. The molecule has 1 amide bonds. The number of para-hydroxylation sites is 2. The van der Waals surface area contributed by atoms with Crippen molar-refractivity contribution in [3.05, 3.63) is 41.5 Å². The minimum Gasteiger partial charge on any atom is -0.338 e. The summed E-state index contributed by atoms with van der Waals surface area (Å²) in [5.41, 5.74) is 3.28. The van der Waals surface area contributed by atoms with Gasteiger partial charge in [-0.2, -0.15) is 0 Å². The molecule has 7 heteroatoms. The predicted octanol–water partition coefficient (Wildman–Crippen LogP) is 2.90. The number of likely N-dealkylation sites (N-methyl/N-ethyl adjacent to an activating group) is 1. The quantitative estimate of drug-likeness (QED) is 0.689. The Morgan fingerprint density at radius 2 is 2.08 bits per heavy atom. The van der Waals surface area contributed by atoms with Gasteiger partial charge in [-0.05, 0) is 32.4 Å². The maximum atomic E-state index is 13.0. The lowest BCUT2D eigenvalue weighted by Crippen LogP contribution is -2.33. The summed E-state index contributed by atoms with van der Waals surface area (Å²) < 4.78 is 6.76. The molecule has 1 atom stereocenters. The number of imidazole rings is 1. The molecule has 25 heavy (non-hydrogen) atoms. The second-order valence-corrected chi connectivity index (χ2v) is 6.30. The zero-order valence-electron chi connectivity index (χ0n) is 15.1. The number of aryl methyl sites for hydroxylation is 2. The standard InChI is InChI=1S/C18H23N5O2/c1-5-8-17-19-14-9-6-7-10-16(14)23(17)13(3)18(24)22(4)11-15-12(2)20-25-21-15/h6-7,9-10,13H,5,8,11H2,1-4H3/t13-/m0/s1. The van der Waals surface area contributed by atoms with Crippen molar-refractivity contribution in [3.63, 3.8) is 0 Å². The monoisotopic (exact) mass is 341 g/mol. The van der Waals surface area contributed by atoms with Gasteiger partial charge in [0.1, 0.15) is 23.3 Å². The minimum absolute atomic E-state index is 0.00269. The number of aromatic nitrogens is 4. The summed E-state index contributed by atoms with van der Waals surface area (Å²) in [5, 5.41) is 7.62. The first-order valence-electron chi connectivity index (χ1n) is 8.51. The number of carbonyl (C=O) groups excluding carboxylic acids is 1. The lowest BCUT2D eigenvalue weighted by atomic mass is 10.2. The van der Waals surface area contributed by atoms with Gasteiger partial charge in [-0.1, -0.05) is 29.4 Å². The highest BCUT2D eigenvalue weighted by molar-refractivity contribution is 5.84. The largest absolute Gasteiger partial charge is 0.338 e. The number of benzene rings is 1. The molecule has 3 rings (SSSR count). The summed E-state index contributed by atoms with van der Waals surface area (Å²) in [4.78, 5) is 19.3. The topological polar surface area (TPSA) is 77.0 Å². The smallest absolute Gasteiger partial charge is 0.245 e. The molecule has 0 aliphatic heterocycles. The molecule has 0 fully saturated rings. The van der Waals surface area contributed by atoms with Gasteiger partial charge in [-0.25, -0.2) is 9.61 Å². The van der Waals surface area contributed by atoms with Gasteiger partial charge in [-0.3, -0.25) is 4.79 Å². The van der Waals surface area contributed by atoms with Crippen molar-refractivity contribution in [2.75, 3.05) is 7.05 Å². The van der Waals surface area contributed by atoms with Crippen LogP contribution in [0.1, 0.15) is 43.5 Å². The third-order valence-corrected chi connectivity index (χ3v) is 4.40. The fourth-order valence-corrected chi connectivity index (χ4v) is 3.05. The van der Waals surface area contributed by atoms with Crippen LogP contribution in [0.15, 0.2) is 28.9 Å². The molecule has 2 aromatic heterocycles. The van der Waals surface area contributed by atoms with Crippen LogP contribution in [-0.4, -0.2) is 37.7 Å². The van der Waals surface area contributed by atoms with Crippen LogP contribution < -0.4 is 0 Å². The highest BCUT2D eigenvalue weighted by Crippen LogP contribution is 2.23. The molecule has 0 aliphatic carbocycles. The lowest BCUT2D eigenvalue weighted by Gasteiger charge is -2.23. The summed E-state index contributed by atoms with van der Waals surface area (Å²) in [5.74, 6) is 0.945. The maximum absolute atomic E-state index is 13.0. The van der Waals surface area contributed by atoms with Crippen molar-refractivity contribution < 1.29 is 9.42 Å². The molecular weight excluding hydrogens is 318 g/mol.